The van der Waals surface area contributed by atoms with Gasteiger partial charge in [-0.1, -0.05) is 6.92 Å². The van der Waals surface area contributed by atoms with Gasteiger partial charge < -0.3 is 15.7 Å². The molecule has 1 fully saturated rings. The minimum absolute atomic E-state index is 0.0701. The Morgan fingerprint density at radius 1 is 1.52 bits per heavy atom. The van der Waals surface area contributed by atoms with Crippen LogP contribution in [0.15, 0.2) is 0 Å². The predicted molar refractivity (Wildman–Crippen MR) is 76.7 cm³/mol. The average Bonchev–Trinajstić information content (AvgIpc) is 3.15. The standard InChI is InChI=1S/C14H23N5O2/c1-2-11-17-12-10(4-3-7-19(12)18-11)16-13(21)15-8-14(9-20)5-6-14/h10,20H,2-9H2,1H3,(H2,15,16,21). The lowest BCUT2D eigenvalue weighted by Gasteiger charge is -2.23. The van der Waals surface area contributed by atoms with E-state index >= 15 is 0 Å². The van der Waals surface area contributed by atoms with E-state index in [-0.39, 0.29) is 24.1 Å². The number of carbonyl (C=O) groups excluding carboxylic acids is 1. The summed E-state index contributed by atoms with van der Waals surface area (Å²) in [6, 6.07) is -0.259. The van der Waals surface area contributed by atoms with Crippen LogP contribution in [-0.2, 0) is 13.0 Å². The summed E-state index contributed by atoms with van der Waals surface area (Å²) in [5.41, 5.74) is -0.0701. The molecule has 3 rings (SSSR count). The van der Waals surface area contributed by atoms with Gasteiger partial charge in [-0.2, -0.15) is 5.10 Å². The predicted octanol–water partition coefficient (Wildman–Crippen LogP) is 0.747. The second kappa shape index (κ2) is 5.63. The fraction of sp³-hybridized carbons (Fsp3) is 0.786. The summed E-state index contributed by atoms with van der Waals surface area (Å²) in [5.74, 6) is 1.69. The molecule has 2 amide bonds. The minimum Gasteiger partial charge on any atom is -0.396 e. The SMILES string of the molecule is CCc1nc2n(n1)CCCC2NC(=O)NCC1(CO)CC1. The highest BCUT2D eigenvalue weighted by atomic mass is 16.3. The topological polar surface area (TPSA) is 92.1 Å². The molecule has 1 unspecified atom stereocenters. The molecule has 1 atom stereocenters. The minimum atomic E-state index is -0.186. The molecule has 3 N–H and O–H groups in total. The fourth-order valence-corrected chi connectivity index (χ4v) is 2.73. The maximum Gasteiger partial charge on any atom is 0.315 e. The molecule has 2 aliphatic rings. The molecular weight excluding hydrogens is 270 g/mol. The molecule has 7 heteroatoms. The number of nitrogens with zero attached hydrogens (tertiary/aromatic N) is 3. The summed E-state index contributed by atoms with van der Waals surface area (Å²) in [6.45, 7) is 3.58. The number of carbonyl (C=O) groups is 1. The van der Waals surface area contributed by atoms with Crippen molar-refractivity contribution in [2.24, 2.45) is 5.41 Å². The van der Waals surface area contributed by atoms with Crippen LogP contribution in [0.2, 0.25) is 0 Å². The van der Waals surface area contributed by atoms with E-state index in [0.717, 1.165) is 50.3 Å². The normalized spacial score (nSPS) is 22.5. The molecule has 2 heterocycles. The van der Waals surface area contributed by atoms with Gasteiger partial charge in [-0.15, -0.1) is 0 Å². The van der Waals surface area contributed by atoms with Crippen LogP contribution in [0.3, 0.4) is 0 Å². The van der Waals surface area contributed by atoms with Gasteiger partial charge in [0.15, 0.2) is 5.82 Å². The van der Waals surface area contributed by atoms with Gasteiger partial charge >= 0.3 is 6.03 Å². The van der Waals surface area contributed by atoms with Crippen LogP contribution in [0.1, 0.15) is 50.3 Å². The van der Waals surface area contributed by atoms with Crippen LogP contribution in [0.5, 0.6) is 0 Å². The van der Waals surface area contributed by atoms with E-state index in [2.05, 4.69) is 20.7 Å². The third-order valence-corrected chi connectivity index (χ3v) is 4.46. The molecule has 1 aliphatic carbocycles. The number of aryl methyl sites for hydroxylation is 2. The molecule has 1 aromatic rings. The van der Waals surface area contributed by atoms with Crippen molar-refractivity contribution in [3.8, 4) is 0 Å². The van der Waals surface area contributed by atoms with E-state index in [4.69, 9.17) is 0 Å². The highest BCUT2D eigenvalue weighted by Gasteiger charge is 2.42. The number of fused-ring (bicyclic) bond motifs is 1. The van der Waals surface area contributed by atoms with Crippen LogP contribution in [0.25, 0.3) is 0 Å². The van der Waals surface area contributed by atoms with Crippen molar-refractivity contribution >= 4 is 6.03 Å². The van der Waals surface area contributed by atoms with Crippen molar-refractivity contribution in [2.45, 2.75) is 51.6 Å². The highest BCUT2D eigenvalue weighted by Crippen LogP contribution is 2.44. The summed E-state index contributed by atoms with van der Waals surface area (Å²) in [4.78, 5) is 16.5. The van der Waals surface area contributed by atoms with Gasteiger partial charge in [-0.3, -0.25) is 0 Å². The zero-order valence-corrected chi connectivity index (χ0v) is 12.4. The molecule has 0 saturated heterocycles. The first-order valence-corrected chi connectivity index (χ1v) is 7.75. The van der Waals surface area contributed by atoms with Gasteiger partial charge in [0.2, 0.25) is 0 Å². The maximum atomic E-state index is 12.0. The van der Waals surface area contributed by atoms with E-state index in [1.165, 1.54) is 0 Å². The largest absolute Gasteiger partial charge is 0.396 e. The summed E-state index contributed by atoms with van der Waals surface area (Å²) in [5, 5.41) is 19.5. The lowest BCUT2D eigenvalue weighted by molar-refractivity contribution is 0.201. The lowest BCUT2D eigenvalue weighted by atomic mass is 10.1. The summed E-state index contributed by atoms with van der Waals surface area (Å²) < 4.78 is 1.91. The van der Waals surface area contributed by atoms with E-state index in [1.54, 1.807) is 0 Å². The summed E-state index contributed by atoms with van der Waals surface area (Å²) in [6.07, 6.45) is 4.66. The van der Waals surface area contributed by atoms with Gasteiger partial charge in [0, 0.05) is 24.9 Å². The van der Waals surface area contributed by atoms with Crippen molar-refractivity contribution in [1.82, 2.24) is 25.4 Å². The monoisotopic (exact) mass is 293 g/mol. The van der Waals surface area contributed by atoms with E-state index in [1.807, 2.05) is 11.6 Å². The fourth-order valence-electron chi connectivity index (χ4n) is 2.73. The molecule has 1 aromatic heterocycles. The van der Waals surface area contributed by atoms with Gasteiger partial charge in [0.25, 0.3) is 0 Å². The Bertz CT molecular complexity index is 523. The van der Waals surface area contributed by atoms with Gasteiger partial charge in [0.1, 0.15) is 5.82 Å². The zero-order chi connectivity index (χ0) is 14.9. The maximum absolute atomic E-state index is 12.0. The molecular formula is C14H23N5O2. The average molecular weight is 293 g/mol. The van der Waals surface area contributed by atoms with Crippen molar-refractivity contribution in [2.75, 3.05) is 13.2 Å². The third kappa shape index (κ3) is 3.02. The van der Waals surface area contributed by atoms with Crippen LogP contribution < -0.4 is 10.6 Å². The van der Waals surface area contributed by atoms with Crippen molar-refractivity contribution in [1.29, 1.82) is 0 Å². The van der Waals surface area contributed by atoms with Crippen LogP contribution in [0.4, 0.5) is 4.79 Å². The van der Waals surface area contributed by atoms with E-state index < -0.39 is 0 Å². The quantitative estimate of drug-likeness (QED) is 0.747. The first kappa shape index (κ1) is 14.3. The molecule has 21 heavy (non-hydrogen) atoms. The molecule has 0 spiro atoms. The Labute approximate surface area is 124 Å². The van der Waals surface area contributed by atoms with Gasteiger partial charge in [-0.05, 0) is 25.7 Å². The molecule has 0 bridgehead atoms. The van der Waals surface area contributed by atoms with Crippen molar-refractivity contribution < 1.29 is 9.90 Å². The van der Waals surface area contributed by atoms with Gasteiger partial charge in [0.05, 0.1) is 12.6 Å². The van der Waals surface area contributed by atoms with Crippen LogP contribution >= 0.6 is 0 Å². The number of aliphatic hydroxyl groups is 1. The molecule has 0 aromatic carbocycles. The zero-order valence-electron chi connectivity index (χ0n) is 12.4. The molecule has 7 nitrogen and oxygen atoms in total. The molecule has 116 valence electrons. The number of aliphatic hydroxyl groups excluding tert-OH is 1. The number of amides is 2. The molecule has 1 saturated carbocycles. The Morgan fingerprint density at radius 3 is 3.00 bits per heavy atom. The smallest absolute Gasteiger partial charge is 0.315 e. The second-order valence-electron chi connectivity index (χ2n) is 6.14. The molecule has 1 aliphatic heterocycles. The number of rotatable bonds is 5. The first-order chi connectivity index (χ1) is 10.2. The summed E-state index contributed by atoms with van der Waals surface area (Å²) in [7, 11) is 0. The highest BCUT2D eigenvalue weighted by molar-refractivity contribution is 5.74. The number of nitrogens with one attached hydrogen (secondary N) is 2. The van der Waals surface area contributed by atoms with Crippen LogP contribution in [0, 0.1) is 5.41 Å². The van der Waals surface area contributed by atoms with Crippen molar-refractivity contribution in [3.05, 3.63) is 11.6 Å². The number of hydrogen-bond acceptors (Lipinski definition) is 4. The van der Waals surface area contributed by atoms with Gasteiger partial charge in [-0.25, -0.2) is 14.5 Å². The van der Waals surface area contributed by atoms with Crippen LogP contribution in [-0.4, -0.2) is 39.1 Å². The second-order valence-corrected chi connectivity index (χ2v) is 6.14. The first-order valence-electron chi connectivity index (χ1n) is 7.75. The number of aromatic nitrogens is 3. The van der Waals surface area contributed by atoms with Crippen molar-refractivity contribution in [3.63, 3.8) is 0 Å². The Morgan fingerprint density at radius 2 is 2.33 bits per heavy atom. The van der Waals surface area contributed by atoms with E-state index in [9.17, 15) is 9.90 Å². The lowest BCUT2D eigenvalue weighted by Crippen LogP contribution is -2.42. The Balaban J connectivity index is 1.58. The number of hydrogen-bond donors (Lipinski definition) is 3. The third-order valence-electron chi connectivity index (χ3n) is 4.46. The summed E-state index contributed by atoms with van der Waals surface area (Å²) >= 11 is 0. The number of urea groups is 1. The van der Waals surface area contributed by atoms with E-state index in [0.29, 0.717) is 6.54 Å². The Hall–Kier alpha value is -1.63. The Kier molecular flexibility index (Phi) is 3.84. The molecule has 0 radical (unpaired) electrons.